The number of benzene rings is 1. The van der Waals surface area contributed by atoms with Crippen molar-refractivity contribution in [2.75, 3.05) is 28.2 Å². The fourth-order valence-corrected chi connectivity index (χ4v) is 7.90. The lowest BCUT2D eigenvalue weighted by Crippen LogP contribution is -2.52. The van der Waals surface area contributed by atoms with E-state index in [1.807, 2.05) is 30.3 Å². The molecule has 1 aliphatic carbocycles. The van der Waals surface area contributed by atoms with Crippen LogP contribution in [0.3, 0.4) is 0 Å². The summed E-state index contributed by atoms with van der Waals surface area (Å²) in [6, 6.07) is 10.5. The van der Waals surface area contributed by atoms with Gasteiger partial charge in [0.25, 0.3) is 23.6 Å². The molecule has 10 nitrogen and oxygen atoms in total. The molecule has 8 amide bonds. The van der Waals surface area contributed by atoms with Crippen molar-refractivity contribution < 1.29 is 28.8 Å². The minimum Gasteiger partial charge on any atom is -0.268 e. The quantitative estimate of drug-likeness (QED) is 0.313. The average molecular weight is 615 g/mol. The van der Waals surface area contributed by atoms with Crippen molar-refractivity contribution in [3.8, 4) is 20.2 Å². The topological polar surface area (TPSA) is 115 Å². The summed E-state index contributed by atoms with van der Waals surface area (Å²) in [5.74, 6) is -2.52. The Labute approximate surface area is 255 Å². The van der Waals surface area contributed by atoms with E-state index in [0.717, 1.165) is 55.8 Å². The van der Waals surface area contributed by atoms with E-state index in [2.05, 4.69) is 19.9 Å². The summed E-state index contributed by atoms with van der Waals surface area (Å²) in [5.41, 5.74) is 3.49. The SMILES string of the molecule is CN1C(=O)C(=Cc2ccc3c(c2)C(C)(C)c2cc(-c4ccc(C=C5C(=O)N(C)C(=O)N(C)C5=O)s4)sc2-3)C(=O)N(C)C1=O. The Bertz CT molecular complexity index is 1840. The van der Waals surface area contributed by atoms with Gasteiger partial charge in [0.15, 0.2) is 0 Å². The molecule has 2 saturated heterocycles. The van der Waals surface area contributed by atoms with Crippen LogP contribution >= 0.6 is 22.7 Å². The molecular weight excluding hydrogens is 588 g/mol. The number of carbonyl (C=O) groups excluding carboxylic acids is 6. The smallest absolute Gasteiger partial charge is 0.268 e. The molecule has 218 valence electrons. The summed E-state index contributed by atoms with van der Waals surface area (Å²) in [7, 11) is 5.40. The van der Waals surface area contributed by atoms with Crippen LogP contribution in [0.4, 0.5) is 9.59 Å². The highest BCUT2D eigenvalue weighted by Crippen LogP contribution is 2.54. The van der Waals surface area contributed by atoms with Crippen molar-refractivity contribution in [1.82, 2.24) is 19.6 Å². The van der Waals surface area contributed by atoms with Crippen molar-refractivity contribution in [3.05, 3.63) is 69.1 Å². The second-order valence-electron chi connectivity index (χ2n) is 11.1. The van der Waals surface area contributed by atoms with Gasteiger partial charge in [-0.05, 0) is 52.6 Å². The molecule has 2 aliphatic heterocycles. The van der Waals surface area contributed by atoms with Crippen LogP contribution in [-0.4, -0.2) is 83.5 Å². The van der Waals surface area contributed by atoms with Crippen LogP contribution in [0.2, 0.25) is 0 Å². The van der Waals surface area contributed by atoms with Crippen molar-refractivity contribution in [2.24, 2.45) is 0 Å². The second-order valence-corrected chi connectivity index (χ2v) is 13.3. The summed E-state index contributed by atoms with van der Waals surface area (Å²) in [6.07, 6.45) is 3.06. The maximum atomic E-state index is 12.7. The van der Waals surface area contributed by atoms with Crippen molar-refractivity contribution in [3.63, 3.8) is 0 Å². The molecule has 3 aliphatic rings. The minimum absolute atomic E-state index is 0.0611. The molecule has 0 radical (unpaired) electrons. The maximum Gasteiger partial charge on any atom is 0.333 e. The Morgan fingerprint density at radius 3 is 1.70 bits per heavy atom. The molecule has 0 spiro atoms. The number of rotatable bonds is 3. The van der Waals surface area contributed by atoms with E-state index in [9.17, 15) is 28.8 Å². The standard InChI is InChI=1S/C31H26N4O6S2/c1-31(2)20-12-15(11-18-25(36)32(3)29(40)33(4)26(18)37)7-9-17(20)24-21(31)14-23(43-24)22-10-8-16(42-22)13-19-27(38)34(5)30(41)35(6)28(19)39/h7-14H,1-6H3. The minimum atomic E-state index is -0.662. The summed E-state index contributed by atoms with van der Waals surface area (Å²) in [4.78, 5) is 82.3. The number of fused-ring (bicyclic) bond motifs is 3. The van der Waals surface area contributed by atoms with Crippen molar-refractivity contribution >= 4 is 70.5 Å². The van der Waals surface area contributed by atoms with Crippen LogP contribution < -0.4 is 0 Å². The van der Waals surface area contributed by atoms with Gasteiger partial charge in [0.1, 0.15) is 11.1 Å². The molecule has 0 N–H and O–H groups in total. The molecule has 2 aromatic heterocycles. The molecule has 43 heavy (non-hydrogen) atoms. The molecular formula is C31H26N4O6S2. The van der Waals surface area contributed by atoms with E-state index < -0.39 is 35.7 Å². The Balaban J connectivity index is 1.32. The molecule has 0 bridgehead atoms. The Kier molecular flexibility index (Phi) is 6.40. The van der Waals surface area contributed by atoms with E-state index in [1.54, 1.807) is 11.3 Å². The number of urea groups is 2. The Hall–Kier alpha value is -4.68. The third-order valence-electron chi connectivity index (χ3n) is 8.12. The van der Waals surface area contributed by atoms with Crippen molar-refractivity contribution in [1.29, 1.82) is 0 Å². The van der Waals surface area contributed by atoms with Gasteiger partial charge in [-0.3, -0.25) is 38.8 Å². The number of hydrogen-bond donors (Lipinski definition) is 0. The van der Waals surface area contributed by atoms with Crippen molar-refractivity contribution in [2.45, 2.75) is 19.3 Å². The first-order chi connectivity index (χ1) is 20.2. The summed E-state index contributed by atoms with van der Waals surface area (Å²) < 4.78 is 0. The van der Waals surface area contributed by atoms with Gasteiger partial charge in [0.05, 0.1) is 0 Å². The molecule has 2 fully saturated rings. The zero-order valence-corrected chi connectivity index (χ0v) is 25.8. The van der Waals surface area contributed by atoms with Gasteiger partial charge in [-0.2, -0.15) is 0 Å². The van der Waals surface area contributed by atoms with Crippen LogP contribution in [0, 0.1) is 0 Å². The fourth-order valence-electron chi connectivity index (χ4n) is 5.51. The third kappa shape index (κ3) is 4.20. The number of barbiturate groups is 2. The van der Waals surface area contributed by atoms with Crippen LogP contribution in [-0.2, 0) is 24.6 Å². The van der Waals surface area contributed by atoms with Gasteiger partial charge in [-0.1, -0.05) is 32.0 Å². The van der Waals surface area contributed by atoms with E-state index in [0.29, 0.717) is 5.56 Å². The number of nitrogens with zero attached hydrogens (tertiary/aromatic N) is 4. The number of imide groups is 4. The van der Waals surface area contributed by atoms with Gasteiger partial charge in [0, 0.05) is 53.1 Å². The molecule has 3 aromatic rings. The maximum absolute atomic E-state index is 12.7. The molecule has 1 aromatic carbocycles. The predicted molar refractivity (Wildman–Crippen MR) is 163 cm³/mol. The lowest BCUT2D eigenvalue weighted by molar-refractivity contribution is -0.135. The first kappa shape index (κ1) is 28.4. The Morgan fingerprint density at radius 2 is 1.14 bits per heavy atom. The molecule has 12 heteroatoms. The molecule has 4 heterocycles. The van der Waals surface area contributed by atoms with Gasteiger partial charge in [0.2, 0.25) is 0 Å². The normalized spacial score (nSPS) is 18.2. The third-order valence-corrected chi connectivity index (χ3v) is 10.5. The van der Waals surface area contributed by atoms with Crippen LogP contribution in [0.5, 0.6) is 0 Å². The van der Waals surface area contributed by atoms with Crippen LogP contribution in [0.15, 0.2) is 47.5 Å². The molecule has 0 atom stereocenters. The molecule has 0 saturated carbocycles. The van der Waals surface area contributed by atoms with Gasteiger partial charge >= 0.3 is 12.1 Å². The molecule has 6 rings (SSSR count). The van der Waals surface area contributed by atoms with E-state index in [-0.39, 0.29) is 16.6 Å². The second kappa shape index (κ2) is 9.68. The highest BCUT2D eigenvalue weighted by molar-refractivity contribution is 7.24. The van der Waals surface area contributed by atoms with E-state index in [4.69, 9.17) is 0 Å². The highest BCUT2D eigenvalue weighted by atomic mass is 32.1. The van der Waals surface area contributed by atoms with Gasteiger partial charge < -0.3 is 0 Å². The summed E-state index contributed by atoms with van der Waals surface area (Å²) in [5, 5.41) is 0. The number of thiophene rings is 2. The fraction of sp³-hybridized carbons (Fsp3) is 0.226. The molecule has 0 unspecified atom stereocenters. The number of amides is 8. The highest BCUT2D eigenvalue weighted by Gasteiger charge is 2.40. The number of likely N-dealkylation sites (N-methyl/N-ethyl adjacent to an activating group) is 4. The number of hydrogen-bond acceptors (Lipinski definition) is 8. The first-order valence-electron chi connectivity index (χ1n) is 13.2. The zero-order chi connectivity index (χ0) is 31.1. The van der Waals surface area contributed by atoms with Gasteiger partial charge in [-0.25, -0.2) is 9.59 Å². The zero-order valence-electron chi connectivity index (χ0n) is 24.2. The monoisotopic (exact) mass is 614 g/mol. The Morgan fingerprint density at radius 1 is 0.605 bits per heavy atom. The van der Waals surface area contributed by atoms with Gasteiger partial charge in [-0.15, -0.1) is 22.7 Å². The number of carbonyl (C=O) groups is 6. The summed E-state index contributed by atoms with van der Waals surface area (Å²) in [6.45, 7) is 4.25. The summed E-state index contributed by atoms with van der Waals surface area (Å²) >= 11 is 3.10. The van der Waals surface area contributed by atoms with Crippen LogP contribution in [0.1, 0.15) is 35.4 Å². The van der Waals surface area contributed by atoms with E-state index >= 15 is 0 Å². The first-order valence-corrected chi connectivity index (χ1v) is 14.9. The lowest BCUT2D eigenvalue weighted by Gasteiger charge is -2.29. The predicted octanol–water partition coefficient (Wildman–Crippen LogP) is 4.65. The largest absolute Gasteiger partial charge is 0.333 e. The van der Waals surface area contributed by atoms with Crippen LogP contribution in [0.25, 0.3) is 32.3 Å². The average Bonchev–Trinajstić information content (AvgIpc) is 3.69. The van der Waals surface area contributed by atoms with E-state index in [1.165, 1.54) is 51.7 Å². The lowest BCUT2D eigenvalue weighted by atomic mass is 9.82.